The summed E-state index contributed by atoms with van der Waals surface area (Å²) in [6.07, 6.45) is 1.74. The van der Waals surface area contributed by atoms with Gasteiger partial charge in [0.15, 0.2) is 0 Å². The maximum Gasteiger partial charge on any atom is 0.229 e. The normalized spacial score (nSPS) is 11.1. The number of hydrogen-bond acceptors (Lipinski definition) is 5. The van der Waals surface area contributed by atoms with Gasteiger partial charge in [0.2, 0.25) is 5.95 Å². The average molecular weight is 362 g/mol. The second kappa shape index (κ2) is 8.08. The van der Waals surface area contributed by atoms with Crippen LogP contribution in [-0.4, -0.2) is 16.6 Å². The van der Waals surface area contributed by atoms with Crippen LogP contribution in [0.3, 0.4) is 0 Å². The number of para-hydroxylation sites is 1. The van der Waals surface area contributed by atoms with Gasteiger partial charge in [-0.3, -0.25) is 0 Å². The van der Waals surface area contributed by atoms with Gasteiger partial charge in [0.05, 0.1) is 6.61 Å². The minimum Gasteiger partial charge on any atom is -0.494 e. The topological polar surface area (TPSA) is 59.1 Å². The van der Waals surface area contributed by atoms with Gasteiger partial charge < -0.3 is 15.4 Å². The molecule has 0 unspecified atom stereocenters. The maximum absolute atomic E-state index is 5.47. The highest BCUT2D eigenvalue weighted by atomic mass is 16.5. The van der Waals surface area contributed by atoms with Crippen LogP contribution in [0.1, 0.15) is 33.3 Å². The van der Waals surface area contributed by atoms with Gasteiger partial charge in [0.25, 0.3) is 0 Å². The second-order valence-electron chi connectivity index (χ2n) is 7.27. The molecule has 5 nitrogen and oxygen atoms in total. The fraction of sp³-hybridized carbons (Fsp3) is 0.273. The van der Waals surface area contributed by atoms with E-state index in [1.165, 1.54) is 5.56 Å². The molecule has 0 aliphatic carbocycles. The molecule has 2 N–H and O–H groups in total. The van der Waals surface area contributed by atoms with Crippen molar-refractivity contribution < 1.29 is 4.74 Å². The Bertz CT molecular complexity index is 885. The molecular formula is C22H26N4O. The lowest BCUT2D eigenvalue weighted by Gasteiger charge is -2.23. The predicted octanol–water partition coefficient (Wildman–Crippen LogP) is 5.66. The van der Waals surface area contributed by atoms with Gasteiger partial charge >= 0.3 is 0 Å². The summed E-state index contributed by atoms with van der Waals surface area (Å²) in [5.74, 6) is 2.14. The molecule has 0 spiro atoms. The van der Waals surface area contributed by atoms with Crippen LogP contribution < -0.4 is 15.4 Å². The van der Waals surface area contributed by atoms with Crippen molar-refractivity contribution >= 4 is 23.1 Å². The van der Waals surface area contributed by atoms with Gasteiger partial charge in [-0.1, -0.05) is 39.0 Å². The molecule has 27 heavy (non-hydrogen) atoms. The number of benzene rings is 2. The summed E-state index contributed by atoms with van der Waals surface area (Å²) in [7, 11) is 0. The minimum absolute atomic E-state index is 0.0295. The molecule has 0 amide bonds. The van der Waals surface area contributed by atoms with Crippen molar-refractivity contribution in [1.29, 1.82) is 0 Å². The van der Waals surface area contributed by atoms with Crippen molar-refractivity contribution in [3.63, 3.8) is 0 Å². The summed E-state index contributed by atoms with van der Waals surface area (Å²) in [6, 6.07) is 17.9. The first-order chi connectivity index (χ1) is 13.0. The highest BCUT2D eigenvalue weighted by Crippen LogP contribution is 2.30. The standard InChI is InChI=1S/C22H26N4O/c1-5-27-17-12-10-16(11-13-17)24-20-14-15-23-21(26-20)25-19-9-7-6-8-18(19)22(2,3)4/h6-15H,5H2,1-4H3,(H2,23,24,25,26). The Morgan fingerprint density at radius 1 is 0.926 bits per heavy atom. The van der Waals surface area contributed by atoms with Gasteiger partial charge in [0.1, 0.15) is 11.6 Å². The third-order valence-corrected chi connectivity index (χ3v) is 4.07. The summed E-state index contributed by atoms with van der Waals surface area (Å²) >= 11 is 0. The van der Waals surface area contributed by atoms with Crippen LogP contribution in [0.25, 0.3) is 0 Å². The zero-order chi connectivity index (χ0) is 19.3. The van der Waals surface area contributed by atoms with Gasteiger partial charge in [-0.15, -0.1) is 0 Å². The quantitative estimate of drug-likeness (QED) is 0.592. The van der Waals surface area contributed by atoms with E-state index >= 15 is 0 Å². The number of anilines is 4. The van der Waals surface area contributed by atoms with Crippen molar-refractivity contribution in [2.75, 3.05) is 17.2 Å². The van der Waals surface area contributed by atoms with E-state index in [9.17, 15) is 0 Å². The summed E-state index contributed by atoms with van der Waals surface area (Å²) in [4.78, 5) is 8.94. The van der Waals surface area contributed by atoms with Gasteiger partial charge in [-0.25, -0.2) is 4.98 Å². The molecule has 3 aromatic rings. The molecule has 0 fully saturated rings. The third-order valence-electron chi connectivity index (χ3n) is 4.07. The first-order valence-corrected chi connectivity index (χ1v) is 9.15. The highest BCUT2D eigenvalue weighted by molar-refractivity contribution is 5.63. The monoisotopic (exact) mass is 362 g/mol. The molecule has 0 atom stereocenters. The fourth-order valence-corrected chi connectivity index (χ4v) is 2.80. The average Bonchev–Trinajstić information content (AvgIpc) is 2.63. The van der Waals surface area contributed by atoms with Crippen LogP contribution in [0.5, 0.6) is 5.75 Å². The smallest absolute Gasteiger partial charge is 0.229 e. The van der Waals surface area contributed by atoms with Crippen LogP contribution in [-0.2, 0) is 5.41 Å². The number of hydrogen-bond donors (Lipinski definition) is 2. The fourth-order valence-electron chi connectivity index (χ4n) is 2.80. The summed E-state index contributed by atoms with van der Waals surface area (Å²) in [5, 5.41) is 6.65. The number of ether oxygens (including phenoxy) is 1. The van der Waals surface area contributed by atoms with Crippen molar-refractivity contribution in [1.82, 2.24) is 9.97 Å². The molecule has 1 heterocycles. The molecule has 0 saturated carbocycles. The largest absolute Gasteiger partial charge is 0.494 e. The van der Waals surface area contributed by atoms with Crippen LogP contribution in [0, 0.1) is 0 Å². The van der Waals surface area contributed by atoms with E-state index in [0.717, 1.165) is 22.9 Å². The Morgan fingerprint density at radius 2 is 1.67 bits per heavy atom. The molecule has 2 aromatic carbocycles. The van der Waals surface area contributed by atoms with E-state index in [1.54, 1.807) is 6.20 Å². The van der Waals surface area contributed by atoms with Gasteiger partial charge in [-0.2, -0.15) is 4.98 Å². The Hall–Kier alpha value is -3.08. The Kier molecular flexibility index (Phi) is 5.60. The van der Waals surface area contributed by atoms with Crippen LogP contribution in [0.2, 0.25) is 0 Å². The summed E-state index contributed by atoms with van der Waals surface area (Å²) < 4.78 is 5.47. The predicted molar refractivity (Wildman–Crippen MR) is 111 cm³/mol. The zero-order valence-corrected chi connectivity index (χ0v) is 16.3. The first kappa shape index (κ1) is 18.7. The lowest BCUT2D eigenvalue weighted by molar-refractivity contribution is 0.340. The molecular weight excluding hydrogens is 336 g/mol. The van der Waals surface area contributed by atoms with Crippen LogP contribution in [0.4, 0.5) is 23.1 Å². The Morgan fingerprint density at radius 3 is 2.37 bits per heavy atom. The molecule has 0 saturated heterocycles. The summed E-state index contributed by atoms with van der Waals surface area (Å²) in [6.45, 7) is 9.21. The molecule has 140 valence electrons. The summed E-state index contributed by atoms with van der Waals surface area (Å²) in [5.41, 5.74) is 3.21. The third kappa shape index (κ3) is 4.97. The van der Waals surface area contributed by atoms with Gasteiger partial charge in [-0.05, 0) is 54.3 Å². The lowest BCUT2D eigenvalue weighted by atomic mass is 9.86. The van der Waals surface area contributed by atoms with E-state index in [-0.39, 0.29) is 5.41 Å². The molecule has 1 aromatic heterocycles. The maximum atomic E-state index is 5.47. The Balaban J connectivity index is 1.77. The highest BCUT2D eigenvalue weighted by Gasteiger charge is 2.17. The van der Waals surface area contributed by atoms with E-state index < -0.39 is 0 Å². The number of nitrogens with zero attached hydrogens (tertiary/aromatic N) is 2. The first-order valence-electron chi connectivity index (χ1n) is 9.15. The number of nitrogens with one attached hydrogen (secondary N) is 2. The van der Waals surface area contributed by atoms with E-state index in [1.807, 2.05) is 43.3 Å². The SMILES string of the molecule is CCOc1ccc(Nc2ccnc(Nc3ccccc3C(C)(C)C)n2)cc1. The van der Waals surface area contributed by atoms with Gasteiger partial charge in [0, 0.05) is 17.6 Å². The molecule has 0 aliphatic rings. The minimum atomic E-state index is 0.0295. The van der Waals surface area contributed by atoms with Crippen molar-refractivity contribution in [3.8, 4) is 5.75 Å². The number of aromatic nitrogens is 2. The second-order valence-corrected chi connectivity index (χ2v) is 7.27. The number of rotatable bonds is 6. The molecule has 3 rings (SSSR count). The zero-order valence-electron chi connectivity index (χ0n) is 16.3. The van der Waals surface area contributed by atoms with E-state index in [2.05, 4.69) is 59.6 Å². The van der Waals surface area contributed by atoms with Crippen LogP contribution >= 0.6 is 0 Å². The molecule has 0 bridgehead atoms. The molecule has 0 aliphatic heterocycles. The van der Waals surface area contributed by atoms with E-state index in [4.69, 9.17) is 4.74 Å². The lowest BCUT2D eigenvalue weighted by Crippen LogP contribution is -2.14. The van der Waals surface area contributed by atoms with Crippen molar-refractivity contribution in [2.24, 2.45) is 0 Å². The van der Waals surface area contributed by atoms with Crippen molar-refractivity contribution in [2.45, 2.75) is 33.1 Å². The van der Waals surface area contributed by atoms with E-state index in [0.29, 0.717) is 12.6 Å². The molecule has 5 heteroatoms. The van der Waals surface area contributed by atoms with Crippen molar-refractivity contribution in [3.05, 3.63) is 66.4 Å². The van der Waals surface area contributed by atoms with Crippen LogP contribution in [0.15, 0.2) is 60.8 Å². The molecule has 0 radical (unpaired) electrons. The Labute approximate surface area is 160 Å².